The number of piperidine rings is 1. The molecular weight excluding hydrogens is 332 g/mol. The van der Waals surface area contributed by atoms with Gasteiger partial charge in [0.25, 0.3) is 12.3 Å². The fraction of sp³-hybridized carbons (Fsp3) is 0.438. The van der Waals surface area contributed by atoms with E-state index in [-0.39, 0.29) is 23.0 Å². The van der Waals surface area contributed by atoms with Crippen LogP contribution in [0.4, 0.5) is 8.78 Å². The summed E-state index contributed by atoms with van der Waals surface area (Å²) in [4.78, 5) is 21.9. The fourth-order valence-corrected chi connectivity index (χ4v) is 2.86. The van der Waals surface area contributed by atoms with Crippen molar-refractivity contribution in [1.82, 2.24) is 20.0 Å². The van der Waals surface area contributed by atoms with Crippen molar-refractivity contribution in [2.75, 3.05) is 13.1 Å². The van der Waals surface area contributed by atoms with Gasteiger partial charge in [0.15, 0.2) is 5.82 Å². The molecule has 1 fully saturated rings. The van der Waals surface area contributed by atoms with E-state index in [1.54, 1.807) is 17.9 Å². The molecule has 0 radical (unpaired) electrons. The third kappa shape index (κ3) is 3.47. The minimum Gasteiger partial charge on any atom is -0.340 e. The molecule has 0 unspecified atom stereocenters. The molecular formula is C16H15F2N5O2. The first-order valence-corrected chi connectivity index (χ1v) is 7.77. The minimum absolute atomic E-state index is 0.121. The summed E-state index contributed by atoms with van der Waals surface area (Å²) in [6, 6.07) is 2.84. The molecule has 2 aromatic heterocycles. The van der Waals surface area contributed by atoms with Gasteiger partial charge in [-0.05, 0) is 18.9 Å². The number of nitriles is 1. The maximum atomic E-state index is 12.8. The van der Waals surface area contributed by atoms with Crippen LogP contribution in [0.15, 0.2) is 16.8 Å². The number of halogens is 2. The number of alkyl halides is 2. The summed E-state index contributed by atoms with van der Waals surface area (Å²) in [6.45, 7) is 2.68. The van der Waals surface area contributed by atoms with Crippen LogP contribution in [-0.4, -0.2) is 39.0 Å². The zero-order valence-electron chi connectivity index (χ0n) is 13.4. The average Bonchev–Trinajstić information content (AvgIpc) is 3.07. The van der Waals surface area contributed by atoms with E-state index in [1.807, 2.05) is 0 Å². The summed E-state index contributed by atoms with van der Waals surface area (Å²) in [5.74, 6) is 0.935. The Labute approximate surface area is 142 Å². The number of amides is 1. The molecule has 1 amide bonds. The lowest BCUT2D eigenvalue weighted by atomic mass is 9.95. The van der Waals surface area contributed by atoms with Gasteiger partial charge in [-0.3, -0.25) is 9.78 Å². The van der Waals surface area contributed by atoms with Gasteiger partial charge in [0, 0.05) is 32.1 Å². The van der Waals surface area contributed by atoms with Crippen molar-refractivity contribution in [3.05, 3.63) is 40.8 Å². The molecule has 7 nitrogen and oxygen atoms in total. The topological polar surface area (TPSA) is 95.9 Å². The Balaban J connectivity index is 1.69. The van der Waals surface area contributed by atoms with E-state index < -0.39 is 12.1 Å². The summed E-state index contributed by atoms with van der Waals surface area (Å²) in [5, 5.41) is 12.9. The van der Waals surface area contributed by atoms with Gasteiger partial charge in [0.05, 0.1) is 11.1 Å². The minimum atomic E-state index is -2.85. The molecule has 0 aromatic carbocycles. The number of likely N-dealkylation sites (tertiary alicyclic amines) is 1. The predicted molar refractivity (Wildman–Crippen MR) is 80.8 cm³/mol. The largest absolute Gasteiger partial charge is 0.340 e. The molecule has 0 aliphatic carbocycles. The molecule has 9 heteroatoms. The number of aromatic nitrogens is 3. The first-order valence-electron chi connectivity index (χ1n) is 7.77. The molecule has 0 N–H and O–H groups in total. The van der Waals surface area contributed by atoms with Gasteiger partial charge in [0.2, 0.25) is 5.89 Å². The van der Waals surface area contributed by atoms with Crippen molar-refractivity contribution in [3.63, 3.8) is 0 Å². The lowest BCUT2D eigenvalue weighted by Crippen LogP contribution is -2.38. The highest BCUT2D eigenvalue weighted by Crippen LogP contribution is 2.27. The van der Waals surface area contributed by atoms with E-state index in [1.165, 1.54) is 6.07 Å². The molecule has 1 saturated heterocycles. The Morgan fingerprint density at radius 1 is 1.44 bits per heavy atom. The van der Waals surface area contributed by atoms with Gasteiger partial charge in [-0.25, -0.2) is 8.78 Å². The third-order valence-electron chi connectivity index (χ3n) is 4.18. The molecule has 1 aliphatic rings. The quantitative estimate of drug-likeness (QED) is 0.847. The molecule has 0 bridgehead atoms. The Kier molecular flexibility index (Phi) is 4.70. The second kappa shape index (κ2) is 6.93. The zero-order chi connectivity index (χ0) is 18.0. The smallest absolute Gasteiger partial charge is 0.281 e. The van der Waals surface area contributed by atoms with Gasteiger partial charge in [-0.2, -0.15) is 10.2 Å². The summed E-state index contributed by atoms with van der Waals surface area (Å²) in [5.41, 5.74) is -0.752. The van der Waals surface area contributed by atoms with Gasteiger partial charge < -0.3 is 9.42 Å². The van der Waals surface area contributed by atoms with Gasteiger partial charge in [-0.15, -0.1) is 0 Å². The van der Waals surface area contributed by atoms with Crippen LogP contribution in [0.2, 0.25) is 0 Å². The van der Waals surface area contributed by atoms with Crippen molar-refractivity contribution < 1.29 is 18.1 Å². The Hall–Kier alpha value is -2.89. The highest BCUT2D eigenvalue weighted by Gasteiger charge is 2.28. The van der Waals surface area contributed by atoms with Crippen LogP contribution >= 0.6 is 0 Å². The first-order chi connectivity index (χ1) is 12.0. The monoisotopic (exact) mass is 347 g/mol. The van der Waals surface area contributed by atoms with Crippen LogP contribution in [0.25, 0.3) is 0 Å². The molecule has 0 spiro atoms. The number of carbonyl (C=O) groups is 1. The standard InChI is InChI=1S/C16H15F2N5O2/c1-9-21-15(22-25-9)10-2-4-23(5-3-10)16(24)12-6-11(7-19)13(14(17)18)20-8-12/h6,8,10,14H,2-5H2,1H3. The maximum Gasteiger partial charge on any atom is 0.281 e. The SMILES string of the molecule is Cc1nc(C2CCN(C(=O)c3cnc(C(F)F)c(C#N)c3)CC2)no1. The van der Waals surface area contributed by atoms with Crippen molar-refractivity contribution in [2.45, 2.75) is 32.1 Å². The van der Waals surface area contributed by atoms with E-state index in [0.717, 1.165) is 6.20 Å². The second-order valence-corrected chi connectivity index (χ2v) is 5.81. The van der Waals surface area contributed by atoms with Crippen LogP contribution in [0.3, 0.4) is 0 Å². The first kappa shape index (κ1) is 17.0. The Morgan fingerprint density at radius 2 is 2.16 bits per heavy atom. The number of carbonyl (C=O) groups excluding carboxylic acids is 1. The lowest BCUT2D eigenvalue weighted by Gasteiger charge is -2.30. The molecule has 2 aromatic rings. The molecule has 3 rings (SSSR count). The van der Waals surface area contributed by atoms with Gasteiger partial charge in [0.1, 0.15) is 11.8 Å². The highest BCUT2D eigenvalue weighted by atomic mass is 19.3. The third-order valence-corrected chi connectivity index (χ3v) is 4.18. The number of rotatable bonds is 3. The van der Waals surface area contributed by atoms with Crippen LogP contribution in [0.1, 0.15) is 58.5 Å². The van der Waals surface area contributed by atoms with Gasteiger partial charge >= 0.3 is 0 Å². The lowest BCUT2D eigenvalue weighted by molar-refractivity contribution is 0.0709. The average molecular weight is 347 g/mol. The number of pyridine rings is 1. The normalized spacial score (nSPS) is 15.4. The Bertz CT molecular complexity index is 822. The van der Waals surface area contributed by atoms with E-state index >= 15 is 0 Å². The number of aryl methyl sites for hydroxylation is 1. The zero-order valence-corrected chi connectivity index (χ0v) is 13.4. The van der Waals surface area contributed by atoms with Crippen molar-refractivity contribution in [1.29, 1.82) is 5.26 Å². The van der Waals surface area contributed by atoms with E-state index in [2.05, 4.69) is 15.1 Å². The van der Waals surface area contributed by atoms with Crippen molar-refractivity contribution in [3.8, 4) is 6.07 Å². The van der Waals surface area contributed by atoms with Crippen LogP contribution in [-0.2, 0) is 0 Å². The van der Waals surface area contributed by atoms with Crippen LogP contribution < -0.4 is 0 Å². The van der Waals surface area contributed by atoms with Crippen molar-refractivity contribution >= 4 is 5.91 Å². The van der Waals surface area contributed by atoms with Crippen LogP contribution in [0.5, 0.6) is 0 Å². The summed E-state index contributed by atoms with van der Waals surface area (Å²) < 4.78 is 30.5. The number of nitrogens with zero attached hydrogens (tertiary/aromatic N) is 5. The molecule has 3 heterocycles. The molecule has 0 atom stereocenters. The summed E-state index contributed by atoms with van der Waals surface area (Å²) in [7, 11) is 0. The van der Waals surface area contributed by atoms with Crippen molar-refractivity contribution in [2.24, 2.45) is 0 Å². The molecule has 1 aliphatic heterocycles. The van der Waals surface area contributed by atoms with E-state index in [0.29, 0.717) is 37.6 Å². The summed E-state index contributed by atoms with van der Waals surface area (Å²) in [6.07, 6.45) is -0.399. The maximum absolute atomic E-state index is 12.8. The molecule has 25 heavy (non-hydrogen) atoms. The molecule has 0 saturated carbocycles. The van der Waals surface area contributed by atoms with E-state index in [9.17, 15) is 13.6 Å². The number of hydrogen-bond acceptors (Lipinski definition) is 6. The predicted octanol–water partition coefficient (Wildman–Crippen LogP) is 2.60. The second-order valence-electron chi connectivity index (χ2n) is 5.81. The van der Waals surface area contributed by atoms with E-state index in [4.69, 9.17) is 9.78 Å². The fourth-order valence-electron chi connectivity index (χ4n) is 2.86. The van der Waals surface area contributed by atoms with Crippen LogP contribution in [0, 0.1) is 18.3 Å². The van der Waals surface area contributed by atoms with Gasteiger partial charge in [-0.1, -0.05) is 5.16 Å². The summed E-state index contributed by atoms with van der Waals surface area (Å²) >= 11 is 0. The highest BCUT2D eigenvalue weighted by molar-refractivity contribution is 5.94. The number of hydrogen-bond donors (Lipinski definition) is 0. The molecule has 130 valence electrons. The Morgan fingerprint density at radius 3 is 2.72 bits per heavy atom.